The molecule has 4 nitrogen and oxygen atoms in total. The maximum absolute atomic E-state index is 12.0. The lowest BCUT2D eigenvalue weighted by molar-refractivity contribution is 0.0949. The van der Waals surface area contributed by atoms with E-state index in [1.807, 2.05) is 36.0 Å². The first-order chi connectivity index (χ1) is 9.79. The normalized spacial score (nSPS) is 15.8. The molecule has 1 heterocycles. The predicted octanol–water partition coefficient (Wildman–Crippen LogP) is 1.90. The number of hydrogen-bond donors (Lipinski definition) is 2. The minimum Gasteiger partial charge on any atom is -0.385 e. The first-order valence-electron chi connectivity index (χ1n) is 7.22. The van der Waals surface area contributed by atoms with Crippen LogP contribution >= 0.6 is 11.8 Å². The Balaban J connectivity index is 1.73. The molecule has 1 saturated heterocycles. The number of benzene rings is 1. The number of carbonyl (C=O) groups excluding carboxylic acids is 1. The summed E-state index contributed by atoms with van der Waals surface area (Å²) in [6, 6.07) is 7.62. The highest BCUT2D eigenvalue weighted by Gasteiger charge is 2.10. The van der Waals surface area contributed by atoms with Crippen molar-refractivity contribution in [1.29, 1.82) is 0 Å². The second-order valence-electron chi connectivity index (χ2n) is 4.82. The second kappa shape index (κ2) is 8.17. The SMILES string of the molecule is CCNc1ccc(C(=O)NCCN2CCSCC2)cc1. The first-order valence-corrected chi connectivity index (χ1v) is 8.37. The zero-order chi connectivity index (χ0) is 14.2. The highest BCUT2D eigenvalue weighted by Crippen LogP contribution is 2.10. The lowest BCUT2D eigenvalue weighted by Crippen LogP contribution is -2.39. The van der Waals surface area contributed by atoms with Gasteiger partial charge in [-0.1, -0.05) is 0 Å². The van der Waals surface area contributed by atoms with Crippen molar-refractivity contribution in [1.82, 2.24) is 10.2 Å². The molecule has 0 atom stereocenters. The summed E-state index contributed by atoms with van der Waals surface area (Å²) < 4.78 is 0. The van der Waals surface area contributed by atoms with Gasteiger partial charge in [-0.2, -0.15) is 11.8 Å². The average Bonchev–Trinajstić information content (AvgIpc) is 2.49. The lowest BCUT2D eigenvalue weighted by atomic mass is 10.2. The van der Waals surface area contributed by atoms with Crippen LogP contribution in [-0.2, 0) is 0 Å². The van der Waals surface area contributed by atoms with Crippen molar-refractivity contribution in [2.75, 3.05) is 49.5 Å². The Morgan fingerprint density at radius 2 is 1.95 bits per heavy atom. The number of carbonyl (C=O) groups is 1. The van der Waals surface area contributed by atoms with Crippen LogP contribution in [0.25, 0.3) is 0 Å². The first kappa shape index (κ1) is 15.2. The van der Waals surface area contributed by atoms with E-state index in [1.54, 1.807) is 0 Å². The number of anilines is 1. The Kier molecular flexibility index (Phi) is 6.21. The van der Waals surface area contributed by atoms with E-state index in [9.17, 15) is 4.79 Å². The molecule has 0 aromatic heterocycles. The maximum Gasteiger partial charge on any atom is 0.251 e. The van der Waals surface area contributed by atoms with Gasteiger partial charge in [0, 0.05) is 55.5 Å². The maximum atomic E-state index is 12.0. The molecular formula is C15H23N3OS. The largest absolute Gasteiger partial charge is 0.385 e. The number of rotatable bonds is 6. The summed E-state index contributed by atoms with van der Waals surface area (Å²) in [6.45, 7) is 6.88. The third-order valence-electron chi connectivity index (χ3n) is 3.35. The number of hydrogen-bond acceptors (Lipinski definition) is 4. The van der Waals surface area contributed by atoms with E-state index in [1.165, 1.54) is 11.5 Å². The molecule has 5 heteroatoms. The smallest absolute Gasteiger partial charge is 0.251 e. The van der Waals surface area contributed by atoms with Crippen LogP contribution in [0.2, 0.25) is 0 Å². The van der Waals surface area contributed by atoms with Gasteiger partial charge in [0.05, 0.1) is 0 Å². The quantitative estimate of drug-likeness (QED) is 0.841. The van der Waals surface area contributed by atoms with Crippen molar-refractivity contribution in [3.8, 4) is 0 Å². The van der Waals surface area contributed by atoms with Crippen LogP contribution in [0.5, 0.6) is 0 Å². The number of thioether (sulfide) groups is 1. The Morgan fingerprint density at radius 3 is 2.60 bits per heavy atom. The molecule has 1 aliphatic heterocycles. The van der Waals surface area contributed by atoms with Gasteiger partial charge in [-0.15, -0.1) is 0 Å². The van der Waals surface area contributed by atoms with Gasteiger partial charge < -0.3 is 10.6 Å². The Bertz CT molecular complexity index is 416. The molecule has 1 fully saturated rings. The molecule has 0 spiro atoms. The minimum atomic E-state index is 0.0134. The van der Waals surface area contributed by atoms with Gasteiger partial charge in [-0.25, -0.2) is 0 Å². The fraction of sp³-hybridized carbons (Fsp3) is 0.533. The lowest BCUT2D eigenvalue weighted by Gasteiger charge is -2.25. The van der Waals surface area contributed by atoms with Crippen molar-refractivity contribution >= 4 is 23.4 Å². The van der Waals surface area contributed by atoms with Gasteiger partial charge in [0.1, 0.15) is 0 Å². The molecule has 0 radical (unpaired) electrons. The fourth-order valence-corrected chi connectivity index (χ4v) is 3.18. The Labute approximate surface area is 125 Å². The molecule has 0 aliphatic carbocycles. The second-order valence-corrected chi connectivity index (χ2v) is 6.04. The van der Waals surface area contributed by atoms with E-state index < -0.39 is 0 Å². The standard InChI is InChI=1S/C15H23N3OS/c1-2-16-14-5-3-13(4-6-14)15(19)17-7-8-18-9-11-20-12-10-18/h3-6,16H,2,7-12H2,1H3,(H,17,19). The van der Waals surface area contributed by atoms with E-state index in [0.717, 1.165) is 44.0 Å². The van der Waals surface area contributed by atoms with E-state index in [0.29, 0.717) is 0 Å². The summed E-state index contributed by atoms with van der Waals surface area (Å²) in [5, 5.41) is 6.21. The zero-order valence-corrected chi connectivity index (χ0v) is 12.8. The molecule has 1 amide bonds. The fourth-order valence-electron chi connectivity index (χ4n) is 2.20. The minimum absolute atomic E-state index is 0.0134. The van der Waals surface area contributed by atoms with Crippen LogP contribution in [0, 0.1) is 0 Å². The summed E-state index contributed by atoms with van der Waals surface area (Å²) in [5.41, 5.74) is 1.77. The molecule has 1 aliphatic rings. The van der Waals surface area contributed by atoms with Crippen molar-refractivity contribution in [2.24, 2.45) is 0 Å². The summed E-state index contributed by atoms with van der Waals surface area (Å²) >= 11 is 2.01. The summed E-state index contributed by atoms with van der Waals surface area (Å²) in [5.74, 6) is 2.43. The third kappa shape index (κ3) is 4.72. The number of nitrogens with one attached hydrogen (secondary N) is 2. The van der Waals surface area contributed by atoms with Crippen LogP contribution < -0.4 is 10.6 Å². The molecular weight excluding hydrogens is 270 g/mol. The van der Waals surface area contributed by atoms with Crippen molar-refractivity contribution in [3.05, 3.63) is 29.8 Å². The van der Waals surface area contributed by atoms with Gasteiger partial charge in [-0.05, 0) is 31.2 Å². The van der Waals surface area contributed by atoms with Crippen LogP contribution in [0.1, 0.15) is 17.3 Å². The monoisotopic (exact) mass is 293 g/mol. The highest BCUT2D eigenvalue weighted by molar-refractivity contribution is 7.99. The Hall–Kier alpha value is -1.20. The van der Waals surface area contributed by atoms with E-state index in [2.05, 4.69) is 22.5 Å². The van der Waals surface area contributed by atoms with Crippen LogP contribution in [0.4, 0.5) is 5.69 Å². The van der Waals surface area contributed by atoms with Crippen molar-refractivity contribution in [2.45, 2.75) is 6.92 Å². The molecule has 2 N–H and O–H groups in total. The molecule has 0 bridgehead atoms. The predicted molar refractivity (Wildman–Crippen MR) is 86.7 cm³/mol. The molecule has 2 rings (SSSR count). The van der Waals surface area contributed by atoms with Crippen molar-refractivity contribution in [3.63, 3.8) is 0 Å². The molecule has 1 aromatic rings. The van der Waals surface area contributed by atoms with Crippen LogP contribution in [-0.4, -0.2) is 55.0 Å². The zero-order valence-electron chi connectivity index (χ0n) is 12.0. The summed E-state index contributed by atoms with van der Waals surface area (Å²) in [6.07, 6.45) is 0. The van der Waals surface area contributed by atoms with Gasteiger partial charge in [0.2, 0.25) is 0 Å². The third-order valence-corrected chi connectivity index (χ3v) is 4.29. The van der Waals surface area contributed by atoms with Gasteiger partial charge in [0.25, 0.3) is 5.91 Å². The number of nitrogens with zero attached hydrogens (tertiary/aromatic N) is 1. The molecule has 1 aromatic carbocycles. The molecule has 0 saturated carbocycles. The molecule has 110 valence electrons. The topological polar surface area (TPSA) is 44.4 Å². The van der Waals surface area contributed by atoms with Gasteiger partial charge >= 0.3 is 0 Å². The van der Waals surface area contributed by atoms with E-state index in [-0.39, 0.29) is 5.91 Å². The van der Waals surface area contributed by atoms with Crippen LogP contribution in [0.3, 0.4) is 0 Å². The van der Waals surface area contributed by atoms with Crippen LogP contribution in [0.15, 0.2) is 24.3 Å². The average molecular weight is 293 g/mol. The Morgan fingerprint density at radius 1 is 1.25 bits per heavy atom. The van der Waals surface area contributed by atoms with Crippen molar-refractivity contribution < 1.29 is 4.79 Å². The molecule has 0 unspecified atom stereocenters. The molecule has 20 heavy (non-hydrogen) atoms. The summed E-state index contributed by atoms with van der Waals surface area (Å²) in [4.78, 5) is 14.4. The summed E-state index contributed by atoms with van der Waals surface area (Å²) in [7, 11) is 0. The van der Waals surface area contributed by atoms with E-state index in [4.69, 9.17) is 0 Å². The van der Waals surface area contributed by atoms with Gasteiger partial charge in [0.15, 0.2) is 0 Å². The highest BCUT2D eigenvalue weighted by atomic mass is 32.2. The van der Waals surface area contributed by atoms with E-state index >= 15 is 0 Å². The number of amides is 1. The van der Waals surface area contributed by atoms with Gasteiger partial charge in [-0.3, -0.25) is 9.69 Å².